The van der Waals surface area contributed by atoms with Gasteiger partial charge in [0.2, 0.25) is 9.84 Å². The van der Waals surface area contributed by atoms with Gasteiger partial charge in [0.05, 0.1) is 58.8 Å². The molecule has 18 nitrogen and oxygen atoms in total. The zero-order valence-electron chi connectivity index (χ0n) is 42.9. The van der Waals surface area contributed by atoms with Crippen molar-refractivity contribution < 1.29 is 39.9 Å². The molecule has 0 unspecified atom stereocenters. The molecule has 0 amide bonds. The van der Waals surface area contributed by atoms with Crippen molar-refractivity contribution in [3.05, 3.63) is 148 Å². The van der Waals surface area contributed by atoms with Crippen LogP contribution in [0.15, 0.2) is 113 Å². The highest BCUT2D eigenvalue weighted by Gasteiger charge is 2.51. The number of fused-ring (bicyclic) bond motifs is 4. The third kappa shape index (κ3) is 10.2. The normalized spacial score (nSPS) is 20.7. The summed E-state index contributed by atoms with van der Waals surface area (Å²) in [6, 6.07) is 17.3. The van der Waals surface area contributed by atoms with Crippen molar-refractivity contribution in [3.8, 4) is 17.1 Å². The van der Waals surface area contributed by atoms with Crippen LogP contribution in [0.1, 0.15) is 93.4 Å². The Balaban J connectivity index is 0.000000191. The number of carbonyl (C=O) groups excluding carboxylic acids is 2. The summed E-state index contributed by atoms with van der Waals surface area (Å²) in [5.41, 5.74) is 7.08. The highest BCUT2D eigenvalue weighted by Crippen LogP contribution is 2.52. The molecular formula is C55H61F2N11O7S2. The number of hydrogen-bond donors (Lipinski definition) is 0. The molecule has 2 saturated carbocycles. The van der Waals surface area contributed by atoms with E-state index in [-0.39, 0.29) is 59.2 Å². The summed E-state index contributed by atoms with van der Waals surface area (Å²) in [5.74, 6) is -0.200. The number of ketones is 2. The lowest BCUT2D eigenvalue weighted by atomic mass is 9.60. The first kappa shape index (κ1) is 54.5. The van der Waals surface area contributed by atoms with Gasteiger partial charge in [0, 0.05) is 26.7 Å². The van der Waals surface area contributed by atoms with Crippen LogP contribution in [0.5, 0.6) is 5.75 Å². The monoisotopic (exact) mass is 1090 g/mol. The molecule has 0 N–H and O–H groups in total. The van der Waals surface area contributed by atoms with E-state index < -0.39 is 36.7 Å². The molecule has 77 heavy (non-hydrogen) atoms. The zero-order chi connectivity index (χ0) is 53.9. The Morgan fingerprint density at radius 3 is 1.71 bits per heavy atom. The van der Waals surface area contributed by atoms with Crippen LogP contribution in [0, 0.1) is 35.3 Å². The third-order valence-electron chi connectivity index (χ3n) is 15.6. The molecule has 22 heteroatoms. The van der Waals surface area contributed by atoms with Crippen LogP contribution in [-0.4, -0.2) is 101 Å². The highest BCUT2D eigenvalue weighted by molar-refractivity contribution is 7.91. The van der Waals surface area contributed by atoms with Crippen molar-refractivity contribution in [1.82, 2.24) is 53.4 Å². The summed E-state index contributed by atoms with van der Waals surface area (Å²) >= 11 is 0. The minimum absolute atomic E-state index is 0. The van der Waals surface area contributed by atoms with Gasteiger partial charge in [0.15, 0.2) is 0 Å². The van der Waals surface area contributed by atoms with Crippen LogP contribution in [0.4, 0.5) is 8.78 Å². The van der Waals surface area contributed by atoms with Gasteiger partial charge in [-0.05, 0) is 173 Å². The van der Waals surface area contributed by atoms with Crippen LogP contribution >= 0.6 is 0 Å². The number of allylic oxidation sites excluding steroid dienone is 2. The van der Waals surface area contributed by atoms with Gasteiger partial charge in [-0.15, -0.1) is 10.2 Å². The number of nitrogens with zero attached hydrogens (tertiary/aromatic N) is 11. The van der Waals surface area contributed by atoms with Crippen molar-refractivity contribution in [3.63, 3.8) is 0 Å². The number of benzene rings is 3. The minimum Gasteiger partial charge on any atom is -0.497 e. The van der Waals surface area contributed by atoms with Crippen molar-refractivity contribution in [2.45, 2.75) is 102 Å². The van der Waals surface area contributed by atoms with Crippen LogP contribution in [-0.2, 0) is 62.9 Å². The predicted molar refractivity (Wildman–Crippen MR) is 283 cm³/mol. The number of ether oxygens (including phenoxy) is 1. The molecule has 4 heterocycles. The van der Waals surface area contributed by atoms with Crippen LogP contribution in [0.3, 0.4) is 0 Å². The molecule has 0 bridgehead atoms. The molecule has 0 aliphatic heterocycles. The van der Waals surface area contributed by atoms with E-state index in [0.29, 0.717) is 57.1 Å². The summed E-state index contributed by atoms with van der Waals surface area (Å²) < 4.78 is 94.0. The highest BCUT2D eigenvalue weighted by atomic mass is 32.2. The van der Waals surface area contributed by atoms with Gasteiger partial charge in [-0.2, -0.15) is 14.5 Å². The molecular weight excluding hydrogens is 1030 g/mol. The number of rotatable bonds is 13. The summed E-state index contributed by atoms with van der Waals surface area (Å²) in [7, 11) is -2.92. The Labute approximate surface area is 446 Å². The van der Waals surface area contributed by atoms with Crippen LogP contribution in [0.2, 0.25) is 0 Å². The molecule has 7 aromatic rings. The fraction of sp³-hybridized carbons (Fsp3) is 0.382. The smallest absolute Gasteiger partial charge is 0.282 e. The molecule has 3 aromatic carbocycles. The zero-order valence-corrected chi connectivity index (χ0v) is 44.5. The second-order valence-electron chi connectivity index (χ2n) is 20.4. The van der Waals surface area contributed by atoms with Gasteiger partial charge in [-0.25, -0.2) is 44.9 Å². The lowest BCUT2D eigenvalue weighted by Crippen LogP contribution is -2.50. The number of hydrogen-bond acceptors (Lipinski definition) is 13. The van der Waals surface area contributed by atoms with Gasteiger partial charge >= 0.3 is 0 Å². The van der Waals surface area contributed by atoms with E-state index in [0.717, 1.165) is 56.2 Å². The number of Topliss-reactive ketones (excluding diaryl/α,β-unsaturated/α-hetero) is 2. The van der Waals surface area contributed by atoms with Crippen LogP contribution in [0.25, 0.3) is 23.5 Å². The fourth-order valence-electron chi connectivity index (χ4n) is 11.6. The summed E-state index contributed by atoms with van der Waals surface area (Å²) in [6.45, 7) is 5.18. The van der Waals surface area contributed by atoms with E-state index in [4.69, 9.17) is 4.74 Å². The molecule has 4 aromatic heterocycles. The fourth-order valence-corrected chi connectivity index (χ4v) is 14.6. The second kappa shape index (κ2) is 20.9. The first-order chi connectivity index (χ1) is 36.2. The Hall–Kier alpha value is -7.30. The molecule has 2 fully saturated rings. The standard InChI is InChI=1S/C31H33FN6O4S.C23H24FN5O3S.CH4/c1-20-13-28(42-4)12-5-22(20)18-37(43(40,41)30-33-19-36(3)35-30)27-9-6-24-14-29-23(15-31(24,16-27)21(2)39)17-34-38(29)26-10-7-25(32)8-11-26;1-15(30)23-10-16(13-33(31,32)22-25-14-28(2)27-22)3-4-18(23)9-21-17(11-23)12-26-29(21)20-7-5-19(24)6-8-20;/h5,7-8,10-14,17,19,27H,6,9,15-16,18H2,1-4H3;5-9,12,14,16H,3-4,10-11,13H2,1-2H3;1H4/t27-,31+;16-,23-;/m00./s1. The van der Waals surface area contributed by atoms with Crippen molar-refractivity contribution in [2.75, 3.05) is 12.9 Å². The van der Waals surface area contributed by atoms with E-state index in [1.807, 2.05) is 37.3 Å². The maximum atomic E-state index is 14.1. The topological polar surface area (TPSA) is 212 Å². The molecule has 4 atom stereocenters. The number of sulfonamides is 1. The van der Waals surface area contributed by atoms with Crippen molar-refractivity contribution in [1.29, 1.82) is 0 Å². The Kier molecular flexibility index (Phi) is 14.8. The molecule has 4 aliphatic rings. The Morgan fingerprint density at radius 1 is 0.727 bits per heavy atom. The minimum atomic E-state index is -4.12. The predicted octanol–water partition coefficient (Wildman–Crippen LogP) is 7.98. The summed E-state index contributed by atoms with van der Waals surface area (Å²) in [6.07, 6.45) is 14.2. The quantitative estimate of drug-likeness (QED) is 0.107. The van der Waals surface area contributed by atoms with Crippen molar-refractivity contribution >= 4 is 43.6 Å². The largest absolute Gasteiger partial charge is 0.497 e. The molecule has 0 radical (unpaired) electrons. The number of carbonyl (C=O) groups is 2. The van der Waals surface area contributed by atoms with E-state index in [1.165, 1.54) is 50.6 Å². The van der Waals surface area contributed by atoms with Gasteiger partial charge < -0.3 is 4.74 Å². The Bertz CT molecular complexity index is 3700. The number of aromatic nitrogens is 10. The van der Waals surface area contributed by atoms with Gasteiger partial charge in [0.25, 0.3) is 20.3 Å². The molecule has 4 aliphatic carbocycles. The summed E-state index contributed by atoms with van der Waals surface area (Å²) in [5, 5.41) is 16.7. The lowest BCUT2D eigenvalue weighted by molar-refractivity contribution is -0.127. The molecule has 404 valence electrons. The maximum Gasteiger partial charge on any atom is 0.282 e. The van der Waals surface area contributed by atoms with Gasteiger partial charge in [-0.1, -0.05) is 24.6 Å². The average Bonchev–Trinajstić information content (AvgIpc) is 4.38. The second-order valence-corrected chi connectivity index (χ2v) is 24.1. The lowest BCUT2D eigenvalue weighted by Gasteiger charge is -2.46. The van der Waals surface area contributed by atoms with E-state index in [2.05, 4.69) is 30.4 Å². The molecule has 0 spiro atoms. The number of methoxy groups -OCH3 is 1. The number of halogens is 2. The molecule has 0 saturated heterocycles. The number of aryl methyl sites for hydroxylation is 3. The van der Waals surface area contributed by atoms with Gasteiger partial charge in [-0.3, -0.25) is 19.0 Å². The average molecular weight is 1090 g/mol. The van der Waals surface area contributed by atoms with E-state index in [9.17, 15) is 35.2 Å². The number of sulfone groups is 1. The summed E-state index contributed by atoms with van der Waals surface area (Å²) in [4.78, 5) is 34.5. The van der Waals surface area contributed by atoms with Crippen molar-refractivity contribution in [2.24, 2.45) is 30.8 Å². The Morgan fingerprint density at radius 2 is 1.23 bits per heavy atom. The van der Waals surface area contributed by atoms with E-state index in [1.54, 1.807) is 81.1 Å². The van der Waals surface area contributed by atoms with E-state index >= 15 is 0 Å². The molecule has 11 rings (SSSR count). The first-order valence-electron chi connectivity index (χ1n) is 24.9. The SMILES string of the molecule is C.CC(=O)[C@]12Cc3cnn(-c4ccc(F)cc4)c3C=C1CC[C@H](CS(=O)(=O)c1ncn(C)n1)C2.COc1ccc(CN([C@H]2CCC3=Cc4c(cnn4-c4ccc(F)cc4)C[C@]3(C(C)=O)C2)S(=O)(=O)c2ncn(C)n2)c(C)c1. The third-order valence-corrected chi connectivity index (χ3v) is 18.9. The van der Waals surface area contributed by atoms with Gasteiger partial charge in [0.1, 0.15) is 41.6 Å². The maximum absolute atomic E-state index is 14.1. The first-order valence-corrected chi connectivity index (χ1v) is 28.0. The van der Waals surface area contributed by atoms with Crippen LogP contribution < -0.4 is 4.74 Å².